The zero-order chi connectivity index (χ0) is 14.0. The normalized spacial score (nSPS) is 12.6. The van der Waals surface area contributed by atoms with Crippen molar-refractivity contribution in [3.63, 3.8) is 0 Å². The Hall–Kier alpha value is -1.35. The van der Waals surface area contributed by atoms with E-state index in [0.717, 1.165) is 0 Å². The molecule has 0 radical (unpaired) electrons. The smallest absolute Gasteiger partial charge is 0.111 e. The Labute approximate surface area is 109 Å². The van der Waals surface area contributed by atoms with E-state index in [9.17, 15) is 9.90 Å². The minimum atomic E-state index is -1.00. The molecule has 1 atom stereocenters. The largest absolute Gasteiger partial charge is 0.550 e. The van der Waals surface area contributed by atoms with Crippen molar-refractivity contribution in [2.45, 2.75) is 53.5 Å². The number of quaternary nitrogens is 1. The van der Waals surface area contributed by atoms with Crippen LogP contribution < -0.4 is 10.8 Å². The molecular weight excluding hydrogens is 226 g/mol. The van der Waals surface area contributed by atoms with Gasteiger partial charge in [0.1, 0.15) is 6.04 Å². The summed E-state index contributed by atoms with van der Waals surface area (Å²) in [6.45, 7) is 10.6. The molecule has 0 saturated carbocycles. The van der Waals surface area contributed by atoms with Crippen LogP contribution in [0.4, 0.5) is 0 Å². The first kappa shape index (κ1) is 14.7. The third kappa shape index (κ3) is 2.72. The molecule has 0 amide bonds. The molecule has 1 rings (SSSR count). The maximum Gasteiger partial charge on any atom is 0.111 e. The highest BCUT2D eigenvalue weighted by Gasteiger charge is 2.19. The second-order valence-electron chi connectivity index (χ2n) is 5.15. The van der Waals surface area contributed by atoms with E-state index < -0.39 is 5.97 Å². The molecule has 0 aliphatic heterocycles. The van der Waals surface area contributed by atoms with Gasteiger partial charge < -0.3 is 15.6 Å². The molecule has 3 heteroatoms. The summed E-state index contributed by atoms with van der Waals surface area (Å²) in [6, 6.07) is 0.0147. The predicted octanol–water partition coefficient (Wildman–Crippen LogP) is 1.04. The van der Waals surface area contributed by atoms with Gasteiger partial charge in [-0.05, 0) is 68.9 Å². The average molecular weight is 249 g/mol. The van der Waals surface area contributed by atoms with Crippen LogP contribution in [0.3, 0.4) is 0 Å². The first-order chi connectivity index (χ1) is 8.27. The van der Waals surface area contributed by atoms with Gasteiger partial charge >= 0.3 is 0 Å². The fourth-order valence-electron chi connectivity index (χ4n) is 2.58. The van der Waals surface area contributed by atoms with E-state index in [2.05, 4.69) is 40.4 Å². The molecule has 18 heavy (non-hydrogen) atoms. The van der Waals surface area contributed by atoms with Gasteiger partial charge in [-0.2, -0.15) is 0 Å². The molecule has 1 aromatic carbocycles. The molecule has 0 heterocycles. The lowest BCUT2D eigenvalue weighted by molar-refractivity contribution is -0.429. The van der Waals surface area contributed by atoms with Crippen LogP contribution in [0.1, 0.15) is 52.3 Å². The summed E-state index contributed by atoms with van der Waals surface area (Å²) in [5.41, 5.74) is 11.7. The number of hydrogen-bond donors (Lipinski definition) is 1. The molecule has 0 saturated heterocycles. The summed E-state index contributed by atoms with van der Waals surface area (Å²) in [5.74, 6) is -1.00. The summed E-state index contributed by atoms with van der Waals surface area (Å²) in [5, 5.41) is 10.6. The quantitative estimate of drug-likeness (QED) is 0.866. The number of carbonyl (C=O) groups excluding carboxylic acids is 1. The second kappa shape index (κ2) is 5.53. The molecule has 1 aromatic rings. The van der Waals surface area contributed by atoms with Crippen LogP contribution in [0.15, 0.2) is 0 Å². The van der Waals surface area contributed by atoms with E-state index in [1.165, 1.54) is 33.4 Å². The third-order valence-corrected chi connectivity index (χ3v) is 4.16. The monoisotopic (exact) mass is 249 g/mol. The van der Waals surface area contributed by atoms with E-state index >= 15 is 0 Å². The van der Waals surface area contributed by atoms with Crippen molar-refractivity contribution in [3.8, 4) is 0 Å². The van der Waals surface area contributed by atoms with Crippen LogP contribution in [0, 0.1) is 34.6 Å². The standard InChI is InChI=1S/C15H23NO2/c1-8-9(2)11(4)15(12(5)10(8)3)13(16)6-7-14(17)18/h13H,6-7,16H2,1-5H3,(H,17,18)/t13-/m0/s1. The third-order valence-electron chi connectivity index (χ3n) is 4.16. The van der Waals surface area contributed by atoms with Crippen molar-refractivity contribution in [3.05, 3.63) is 33.4 Å². The Bertz CT molecular complexity index is 449. The fraction of sp³-hybridized carbons (Fsp3) is 0.533. The second-order valence-corrected chi connectivity index (χ2v) is 5.15. The highest BCUT2D eigenvalue weighted by molar-refractivity contribution is 5.64. The van der Waals surface area contributed by atoms with Crippen LogP contribution in [0.5, 0.6) is 0 Å². The van der Waals surface area contributed by atoms with Gasteiger partial charge in [0.2, 0.25) is 0 Å². The van der Waals surface area contributed by atoms with Gasteiger partial charge in [-0.1, -0.05) is 0 Å². The van der Waals surface area contributed by atoms with Crippen LogP contribution in [-0.2, 0) is 4.79 Å². The van der Waals surface area contributed by atoms with E-state index in [4.69, 9.17) is 0 Å². The SMILES string of the molecule is Cc1c(C)c(C)c([C@@H]([NH3+])CCC(=O)[O-])c(C)c1C. The van der Waals surface area contributed by atoms with Crippen molar-refractivity contribution in [2.24, 2.45) is 0 Å². The lowest BCUT2D eigenvalue weighted by atomic mass is 9.85. The zero-order valence-corrected chi connectivity index (χ0v) is 12.0. The minimum Gasteiger partial charge on any atom is -0.550 e. The average Bonchev–Trinajstić information content (AvgIpc) is 2.31. The van der Waals surface area contributed by atoms with Gasteiger partial charge in [0, 0.05) is 18.0 Å². The van der Waals surface area contributed by atoms with Gasteiger partial charge in [0.25, 0.3) is 0 Å². The zero-order valence-electron chi connectivity index (χ0n) is 12.0. The first-order valence-electron chi connectivity index (χ1n) is 6.37. The molecule has 0 spiro atoms. The molecule has 3 nitrogen and oxygen atoms in total. The topological polar surface area (TPSA) is 67.8 Å². The van der Waals surface area contributed by atoms with Gasteiger partial charge in [0.15, 0.2) is 0 Å². The van der Waals surface area contributed by atoms with Crippen molar-refractivity contribution in [2.75, 3.05) is 0 Å². The molecule has 0 fully saturated rings. The summed E-state index contributed by atoms with van der Waals surface area (Å²) >= 11 is 0. The number of carboxylic acid groups (broad SMARTS) is 1. The Kier molecular flexibility index (Phi) is 4.52. The maximum absolute atomic E-state index is 10.6. The minimum absolute atomic E-state index is 0.0147. The summed E-state index contributed by atoms with van der Waals surface area (Å²) in [6.07, 6.45) is 0.602. The molecule has 0 aliphatic rings. The number of carbonyl (C=O) groups is 1. The predicted molar refractivity (Wildman–Crippen MR) is 70.0 cm³/mol. The number of benzene rings is 1. The van der Waals surface area contributed by atoms with Crippen LogP contribution >= 0.6 is 0 Å². The molecule has 0 aliphatic carbocycles. The maximum atomic E-state index is 10.6. The van der Waals surface area contributed by atoms with Gasteiger partial charge in [0.05, 0.1) is 0 Å². The number of hydrogen-bond acceptors (Lipinski definition) is 2. The number of aliphatic carboxylic acids is 1. The molecule has 0 bridgehead atoms. The van der Waals surface area contributed by atoms with Crippen molar-refractivity contribution in [1.29, 1.82) is 0 Å². The van der Waals surface area contributed by atoms with E-state index in [0.29, 0.717) is 6.42 Å². The Morgan fingerprint density at radius 3 is 1.78 bits per heavy atom. The Balaban J connectivity index is 3.20. The molecular formula is C15H23NO2. The highest BCUT2D eigenvalue weighted by Crippen LogP contribution is 2.30. The Morgan fingerprint density at radius 1 is 1.00 bits per heavy atom. The fourth-order valence-corrected chi connectivity index (χ4v) is 2.58. The summed E-state index contributed by atoms with van der Waals surface area (Å²) < 4.78 is 0. The van der Waals surface area contributed by atoms with Crippen LogP contribution in [0.2, 0.25) is 0 Å². The summed E-state index contributed by atoms with van der Waals surface area (Å²) in [7, 11) is 0. The van der Waals surface area contributed by atoms with Crippen LogP contribution in [-0.4, -0.2) is 5.97 Å². The van der Waals surface area contributed by atoms with Crippen molar-refractivity contribution >= 4 is 5.97 Å². The van der Waals surface area contributed by atoms with E-state index in [-0.39, 0.29) is 12.5 Å². The highest BCUT2D eigenvalue weighted by atomic mass is 16.4. The number of carboxylic acids is 1. The lowest BCUT2D eigenvalue weighted by Crippen LogP contribution is -2.54. The van der Waals surface area contributed by atoms with E-state index in [1.807, 2.05) is 0 Å². The van der Waals surface area contributed by atoms with Gasteiger partial charge in [-0.3, -0.25) is 0 Å². The molecule has 0 unspecified atom stereocenters. The number of rotatable bonds is 4. The van der Waals surface area contributed by atoms with E-state index in [1.54, 1.807) is 0 Å². The van der Waals surface area contributed by atoms with Gasteiger partial charge in [-0.15, -0.1) is 0 Å². The lowest BCUT2D eigenvalue weighted by Gasteiger charge is -2.21. The molecule has 0 aromatic heterocycles. The van der Waals surface area contributed by atoms with Crippen LogP contribution in [0.25, 0.3) is 0 Å². The molecule has 3 N–H and O–H groups in total. The first-order valence-corrected chi connectivity index (χ1v) is 6.37. The van der Waals surface area contributed by atoms with Crippen molar-refractivity contribution < 1.29 is 15.6 Å². The van der Waals surface area contributed by atoms with Crippen molar-refractivity contribution in [1.82, 2.24) is 0 Å². The van der Waals surface area contributed by atoms with Gasteiger partial charge in [-0.25, -0.2) is 0 Å². The Morgan fingerprint density at radius 2 is 1.39 bits per heavy atom. The molecule has 100 valence electrons. The summed E-state index contributed by atoms with van der Waals surface area (Å²) in [4.78, 5) is 10.6.